The van der Waals surface area contributed by atoms with Crippen molar-refractivity contribution in [3.63, 3.8) is 0 Å². The maximum Gasteiger partial charge on any atom is 0.0901 e. The highest BCUT2D eigenvalue weighted by Gasteiger charge is 2.16. The quantitative estimate of drug-likeness (QED) is 0.774. The number of allylic oxidation sites excluding steroid dienone is 2. The molecular formula is C14H14ClN3. The van der Waals surface area contributed by atoms with Crippen LogP contribution >= 0.6 is 11.6 Å². The van der Waals surface area contributed by atoms with Gasteiger partial charge in [0.15, 0.2) is 0 Å². The molecule has 1 aromatic heterocycles. The Morgan fingerprint density at radius 3 is 2.83 bits per heavy atom. The van der Waals surface area contributed by atoms with Gasteiger partial charge in [0.2, 0.25) is 0 Å². The number of nitrogens with zero attached hydrogens (tertiary/aromatic N) is 3. The minimum atomic E-state index is 0.132. The molecule has 92 valence electrons. The van der Waals surface area contributed by atoms with Crippen LogP contribution in [-0.4, -0.2) is 20.4 Å². The third-order valence-electron chi connectivity index (χ3n) is 3.19. The molecule has 1 atom stereocenters. The van der Waals surface area contributed by atoms with Gasteiger partial charge in [0.05, 0.1) is 23.0 Å². The molecule has 1 aromatic carbocycles. The third kappa shape index (κ3) is 2.18. The van der Waals surface area contributed by atoms with Gasteiger partial charge < -0.3 is 0 Å². The van der Waals surface area contributed by atoms with E-state index < -0.39 is 0 Å². The van der Waals surface area contributed by atoms with Crippen molar-refractivity contribution in [1.82, 2.24) is 15.0 Å². The number of hydrogen-bond acceptors (Lipinski definition) is 2. The zero-order valence-electron chi connectivity index (χ0n) is 9.96. The number of para-hydroxylation sites is 1. The molecule has 3 rings (SSSR count). The number of hydrogen-bond donors (Lipinski definition) is 0. The molecule has 3 nitrogen and oxygen atoms in total. The Morgan fingerprint density at radius 2 is 2.06 bits per heavy atom. The van der Waals surface area contributed by atoms with Gasteiger partial charge in [-0.05, 0) is 37.0 Å². The molecular weight excluding hydrogens is 246 g/mol. The summed E-state index contributed by atoms with van der Waals surface area (Å²) < 4.78 is 1.88. The van der Waals surface area contributed by atoms with Gasteiger partial charge in [0, 0.05) is 0 Å². The first-order chi connectivity index (χ1) is 8.84. The second-order valence-electron chi connectivity index (χ2n) is 4.47. The summed E-state index contributed by atoms with van der Waals surface area (Å²) in [6, 6.07) is 10.1. The van der Waals surface area contributed by atoms with Crippen molar-refractivity contribution < 1.29 is 0 Å². The lowest BCUT2D eigenvalue weighted by molar-refractivity contribution is 0.734. The van der Waals surface area contributed by atoms with E-state index >= 15 is 0 Å². The second kappa shape index (κ2) is 4.94. The van der Waals surface area contributed by atoms with Gasteiger partial charge in [-0.2, -0.15) is 0 Å². The summed E-state index contributed by atoms with van der Waals surface area (Å²) in [6.45, 7) is 0. The normalized spacial score (nSPS) is 19.6. The summed E-state index contributed by atoms with van der Waals surface area (Å²) in [5.41, 5.74) is 3.32. The summed E-state index contributed by atoms with van der Waals surface area (Å²) >= 11 is 6.20. The maximum atomic E-state index is 6.20. The van der Waals surface area contributed by atoms with Crippen molar-refractivity contribution in [3.05, 3.63) is 48.3 Å². The smallest absolute Gasteiger partial charge is 0.0901 e. The second-order valence-corrected chi connectivity index (χ2v) is 5.03. The van der Waals surface area contributed by atoms with Crippen LogP contribution in [-0.2, 0) is 0 Å². The molecule has 0 saturated heterocycles. The fourth-order valence-electron chi connectivity index (χ4n) is 2.30. The van der Waals surface area contributed by atoms with Crippen molar-refractivity contribution in [2.45, 2.75) is 24.6 Å². The van der Waals surface area contributed by atoms with Crippen LogP contribution in [0.25, 0.3) is 11.3 Å². The van der Waals surface area contributed by atoms with E-state index in [1.54, 1.807) is 0 Å². The molecule has 0 spiro atoms. The highest BCUT2D eigenvalue weighted by atomic mass is 35.5. The molecule has 0 radical (unpaired) electrons. The topological polar surface area (TPSA) is 30.7 Å². The van der Waals surface area contributed by atoms with Gasteiger partial charge in [-0.25, -0.2) is 4.68 Å². The first-order valence-corrected chi connectivity index (χ1v) is 6.59. The molecule has 1 heterocycles. The predicted molar refractivity (Wildman–Crippen MR) is 72.8 cm³/mol. The standard InChI is InChI=1S/C14H14ClN3/c15-12-6-4-5-11(9-12)14-10-16-17-18(14)13-7-2-1-3-8-13/h1-3,7-10,12H,4-6H2. The minimum absolute atomic E-state index is 0.132. The predicted octanol–water partition coefficient (Wildman–Crippen LogP) is 3.44. The van der Waals surface area contributed by atoms with Crippen LogP contribution in [0, 0.1) is 0 Å². The number of alkyl halides is 1. The Labute approximate surface area is 111 Å². The van der Waals surface area contributed by atoms with Crippen molar-refractivity contribution in [2.75, 3.05) is 0 Å². The van der Waals surface area contributed by atoms with Crippen molar-refractivity contribution >= 4 is 17.2 Å². The van der Waals surface area contributed by atoms with Crippen LogP contribution < -0.4 is 0 Å². The van der Waals surface area contributed by atoms with E-state index in [4.69, 9.17) is 11.6 Å². The van der Waals surface area contributed by atoms with Crippen LogP contribution in [0.4, 0.5) is 0 Å². The van der Waals surface area contributed by atoms with Crippen molar-refractivity contribution in [3.8, 4) is 5.69 Å². The van der Waals surface area contributed by atoms with Gasteiger partial charge in [0.25, 0.3) is 0 Å². The molecule has 0 saturated carbocycles. The molecule has 1 aliphatic rings. The number of halogens is 1. The Bertz CT molecular complexity index is 559. The molecule has 18 heavy (non-hydrogen) atoms. The average Bonchev–Trinajstić information content (AvgIpc) is 2.89. The maximum absolute atomic E-state index is 6.20. The van der Waals surface area contributed by atoms with Gasteiger partial charge in [0.1, 0.15) is 0 Å². The zero-order chi connectivity index (χ0) is 12.4. The zero-order valence-corrected chi connectivity index (χ0v) is 10.7. The highest BCUT2D eigenvalue weighted by molar-refractivity contribution is 6.22. The van der Waals surface area contributed by atoms with Crippen LogP contribution in [0.2, 0.25) is 0 Å². The van der Waals surface area contributed by atoms with E-state index in [9.17, 15) is 0 Å². The van der Waals surface area contributed by atoms with Gasteiger partial charge in [-0.1, -0.05) is 29.5 Å². The fraction of sp³-hybridized carbons (Fsp3) is 0.286. The van der Waals surface area contributed by atoms with Crippen LogP contribution in [0.15, 0.2) is 42.6 Å². The third-order valence-corrected chi connectivity index (χ3v) is 3.53. The lowest BCUT2D eigenvalue weighted by Crippen LogP contribution is -2.07. The first kappa shape index (κ1) is 11.5. The van der Waals surface area contributed by atoms with Crippen molar-refractivity contribution in [2.24, 2.45) is 0 Å². The number of rotatable bonds is 2. The van der Waals surface area contributed by atoms with E-state index in [-0.39, 0.29) is 5.38 Å². The lowest BCUT2D eigenvalue weighted by Gasteiger charge is -2.16. The summed E-state index contributed by atoms with van der Waals surface area (Å²) in [4.78, 5) is 0. The minimum Gasteiger partial charge on any atom is -0.213 e. The Kier molecular flexibility index (Phi) is 3.15. The molecule has 0 N–H and O–H groups in total. The lowest BCUT2D eigenvalue weighted by atomic mass is 9.97. The summed E-state index contributed by atoms with van der Waals surface area (Å²) in [5, 5.41) is 8.33. The highest BCUT2D eigenvalue weighted by Crippen LogP contribution is 2.29. The molecule has 0 fully saturated rings. The summed E-state index contributed by atoms with van der Waals surface area (Å²) in [6.07, 6.45) is 7.16. The Balaban J connectivity index is 2.02. The first-order valence-electron chi connectivity index (χ1n) is 6.16. The van der Waals surface area contributed by atoms with Gasteiger partial charge in [-0.3, -0.25) is 0 Å². The molecule has 1 aliphatic carbocycles. The summed E-state index contributed by atoms with van der Waals surface area (Å²) in [5.74, 6) is 0. The van der Waals surface area contributed by atoms with Crippen LogP contribution in [0.5, 0.6) is 0 Å². The molecule has 0 aliphatic heterocycles. The monoisotopic (exact) mass is 259 g/mol. The molecule has 0 amide bonds. The Hall–Kier alpha value is -1.61. The van der Waals surface area contributed by atoms with E-state index in [0.29, 0.717) is 0 Å². The van der Waals surface area contributed by atoms with E-state index in [0.717, 1.165) is 30.6 Å². The van der Waals surface area contributed by atoms with E-state index in [2.05, 4.69) is 16.4 Å². The van der Waals surface area contributed by atoms with Crippen LogP contribution in [0.1, 0.15) is 25.0 Å². The van der Waals surface area contributed by atoms with Crippen LogP contribution in [0.3, 0.4) is 0 Å². The molecule has 1 unspecified atom stereocenters. The SMILES string of the molecule is ClC1C=C(c2cnnn2-c2ccccc2)CCC1. The van der Waals surface area contributed by atoms with E-state index in [1.807, 2.05) is 41.2 Å². The summed E-state index contributed by atoms with van der Waals surface area (Å²) in [7, 11) is 0. The fourth-order valence-corrected chi connectivity index (χ4v) is 2.61. The number of benzene rings is 1. The Morgan fingerprint density at radius 1 is 1.22 bits per heavy atom. The molecule has 0 bridgehead atoms. The largest absolute Gasteiger partial charge is 0.213 e. The van der Waals surface area contributed by atoms with Crippen molar-refractivity contribution in [1.29, 1.82) is 0 Å². The number of aromatic nitrogens is 3. The average molecular weight is 260 g/mol. The van der Waals surface area contributed by atoms with Gasteiger partial charge >= 0.3 is 0 Å². The molecule has 2 aromatic rings. The van der Waals surface area contributed by atoms with E-state index in [1.165, 1.54) is 5.57 Å². The molecule has 4 heteroatoms. The van der Waals surface area contributed by atoms with Gasteiger partial charge in [-0.15, -0.1) is 16.7 Å².